The van der Waals surface area contributed by atoms with Crippen molar-refractivity contribution >= 4 is 7.05 Å². The summed E-state index contributed by atoms with van der Waals surface area (Å²) in [7, 11) is -1.23. The van der Waals surface area contributed by atoms with E-state index in [0.29, 0.717) is 5.16 Å². The van der Waals surface area contributed by atoms with Gasteiger partial charge in [-0.05, 0) is 52.2 Å². The zero-order valence-corrected chi connectivity index (χ0v) is 17.3. The van der Waals surface area contributed by atoms with Crippen molar-refractivity contribution in [1.82, 2.24) is 0 Å². The van der Waals surface area contributed by atoms with Crippen LogP contribution in [0.3, 0.4) is 0 Å². The minimum Gasteiger partial charge on any atom is -0.297 e. The van der Waals surface area contributed by atoms with Gasteiger partial charge in [0, 0.05) is 0 Å². The lowest BCUT2D eigenvalue weighted by molar-refractivity contribution is 0.440. The van der Waals surface area contributed by atoms with Crippen LogP contribution in [0.15, 0.2) is 4.74 Å². The van der Waals surface area contributed by atoms with E-state index in [1.165, 1.54) is 77.0 Å². The van der Waals surface area contributed by atoms with Crippen LogP contribution in [-0.4, -0.2) is 24.0 Å². The smallest absolute Gasteiger partial charge is 0.0537 e. The summed E-state index contributed by atoms with van der Waals surface area (Å²) in [5, 5.41) is 0.404. The molecular weight excluding hydrogens is 285 g/mol. The van der Waals surface area contributed by atoms with Gasteiger partial charge in [-0.15, -0.1) is 0 Å². The van der Waals surface area contributed by atoms with Gasteiger partial charge in [0.05, 0.1) is 5.54 Å². The molecule has 0 saturated carbocycles. The van der Waals surface area contributed by atoms with E-state index in [1.807, 2.05) is 0 Å². The van der Waals surface area contributed by atoms with Gasteiger partial charge in [-0.1, -0.05) is 78.1 Å². The van der Waals surface area contributed by atoms with Gasteiger partial charge in [-0.25, -0.2) is 0 Å². The largest absolute Gasteiger partial charge is 0.297 e. The normalized spacial score (nSPS) is 27.7. The molecule has 0 fully saturated rings. The molecule has 0 saturated heterocycles. The molecular formula is C20H42NP. The molecule has 1 aliphatic heterocycles. The van der Waals surface area contributed by atoms with Crippen molar-refractivity contribution in [3.05, 3.63) is 0 Å². The van der Waals surface area contributed by atoms with E-state index in [-0.39, 0.29) is 5.54 Å². The van der Waals surface area contributed by atoms with E-state index in [2.05, 4.69) is 41.0 Å². The standard InChI is InChI=1S/C20H42NP/c1-19(2)17-15-13-11-9-7-8-10-12-14-16-18-20(3,4)22(5,6)21-19/h7-18H2,1-6H3. The average molecular weight is 328 g/mol. The highest BCUT2D eigenvalue weighted by Gasteiger charge is 2.31. The molecule has 0 aromatic rings. The van der Waals surface area contributed by atoms with Crippen LogP contribution in [0.4, 0.5) is 0 Å². The van der Waals surface area contributed by atoms with Crippen molar-refractivity contribution in [3.63, 3.8) is 0 Å². The van der Waals surface area contributed by atoms with Crippen LogP contribution in [-0.2, 0) is 0 Å². The van der Waals surface area contributed by atoms with Crippen LogP contribution in [0, 0.1) is 0 Å². The van der Waals surface area contributed by atoms with Crippen LogP contribution in [0.2, 0.25) is 0 Å². The zero-order valence-electron chi connectivity index (χ0n) is 16.4. The van der Waals surface area contributed by atoms with Crippen molar-refractivity contribution in [2.24, 2.45) is 4.74 Å². The number of hydrogen-bond acceptors (Lipinski definition) is 1. The van der Waals surface area contributed by atoms with E-state index in [4.69, 9.17) is 4.74 Å². The Bertz CT molecular complexity index is 362. The maximum atomic E-state index is 5.43. The Hall–Kier alpha value is 0.230. The molecule has 2 heteroatoms. The molecule has 0 unspecified atom stereocenters. The van der Waals surface area contributed by atoms with Gasteiger partial charge in [-0.3, -0.25) is 4.74 Å². The first-order valence-electron chi connectivity index (χ1n) is 9.75. The molecule has 0 aromatic heterocycles. The Morgan fingerprint density at radius 3 is 1.41 bits per heavy atom. The number of hydrogen-bond donors (Lipinski definition) is 0. The average Bonchev–Trinajstić information content (AvgIpc) is 2.37. The lowest BCUT2D eigenvalue weighted by atomic mass is 9.97. The summed E-state index contributed by atoms with van der Waals surface area (Å²) in [6.07, 6.45) is 16.9. The van der Waals surface area contributed by atoms with Crippen LogP contribution >= 0.6 is 7.05 Å². The SMILES string of the molecule is CC1(C)CCCCCCCCCCCCC(C)(C)P(C)(C)=N1. The molecule has 132 valence electrons. The second-order valence-electron chi connectivity index (χ2n) is 9.15. The molecule has 0 aliphatic carbocycles. The fraction of sp³-hybridized carbons (Fsp3) is 1.00. The molecule has 0 amide bonds. The fourth-order valence-corrected chi connectivity index (χ4v) is 6.09. The van der Waals surface area contributed by atoms with Gasteiger partial charge < -0.3 is 0 Å². The predicted octanol–water partition coefficient (Wildman–Crippen LogP) is 7.70. The fourth-order valence-electron chi connectivity index (χ4n) is 3.67. The highest BCUT2D eigenvalue weighted by molar-refractivity contribution is 7.66. The summed E-state index contributed by atoms with van der Waals surface area (Å²) in [6.45, 7) is 14.6. The number of nitrogens with zero attached hydrogens (tertiary/aromatic N) is 1. The quantitative estimate of drug-likeness (QED) is 0.404. The Morgan fingerprint density at radius 2 is 0.955 bits per heavy atom. The van der Waals surface area contributed by atoms with Gasteiger partial charge in [0.15, 0.2) is 0 Å². The van der Waals surface area contributed by atoms with E-state index in [0.717, 1.165) is 0 Å². The highest BCUT2D eigenvalue weighted by atomic mass is 31.2. The minimum absolute atomic E-state index is 0.172. The second-order valence-corrected chi connectivity index (χ2v) is 13.4. The second kappa shape index (κ2) is 8.91. The summed E-state index contributed by atoms with van der Waals surface area (Å²) in [5.41, 5.74) is 0.172. The van der Waals surface area contributed by atoms with Crippen molar-refractivity contribution in [1.29, 1.82) is 0 Å². The summed E-state index contributed by atoms with van der Waals surface area (Å²) in [5.74, 6) is 0. The first-order valence-corrected chi connectivity index (χ1v) is 12.4. The molecule has 0 spiro atoms. The molecule has 0 bridgehead atoms. The molecule has 1 heterocycles. The highest BCUT2D eigenvalue weighted by Crippen LogP contribution is 2.58. The third-order valence-electron chi connectivity index (χ3n) is 5.83. The molecule has 0 radical (unpaired) electrons. The van der Waals surface area contributed by atoms with Crippen molar-refractivity contribution in [2.45, 2.75) is 115 Å². The lowest BCUT2D eigenvalue weighted by Crippen LogP contribution is -2.24. The summed E-state index contributed by atoms with van der Waals surface area (Å²) < 4.78 is 5.43. The molecule has 1 nitrogen and oxygen atoms in total. The number of rotatable bonds is 0. The molecule has 22 heavy (non-hydrogen) atoms. The third kappa shape index (κ3) is 7.20. The van der Waals surface area contributed by atoms with Crippen molar-refractivity contribution in [2.75, 3.05) is 13.3 Å². The summed E-state index contributed by atoms with van der Waals surface area (Å²) >= 11 is 0. The van der Waals surface area contributed by atoms with Crippen molar-refractivity contribution in [3.8, 4) is 0 Å². The van der Waals surface area contributed by atoms with E-state index in [9.17, 15) is 0 Å². The first kappa shape index (κ1) is 20.3. The Morgan fingerprint density at radius 1 is 0.591 bits per heavy atom. The van der Waals surface area contributed by atoms with Crippen molar-refractivity contribution < 1.29 is 0 Å². The molecule has 1 aliphatic rings. The topological polar surface area (TPSA) is 12.4 Å². The first-order chi connectivity index (χ1) is 10.2. The van der Waals surface area contributed by atoms with E-state index in [1.54, 1.807) is 0 Å². The molecule has 0 aromatic carbocycles. The van der Waals surface area contributed by atoms with E-state index < -0.39 is 7.05 Å². The van der Waals surface area contributed by atoms with Crippen LogP contribution in [0.5, 0.6) is 0 Å². The van der Waals surface area contributed by atoms with Gasteiger partial charge in [0.25, 0.3) is 0 Å². The van der Waals surface area contributed by atoms with Gasteiger partial charge in [-0.2, -0.15) is 0 Å². The van der Waals surface area contributed by atoms with Crippen LogP contribution in [0.1, 0.15) is 105 Å². The van der Waals surface area contributed by atoms with Crippen LogP contribution in [0.25, 0.3) is 0 Å². The lowest BCUT2D eigenvalue weighted by Gasteiger charge is -2.38. The molecule has 0 atom stereocenters. The monoisotopic (exact) mass is 327 g/mol. The Balaban J connectivity index is 2.79. The summed E-state index contributed by atoms with van der Waals surface area (Å²) in [6, 6.07) is 0. The van der Waals surface area contributed by atoms with E-state index >= 15 is 0 Å². The van der Waals surface area contributed by atoms with Crippen LogP contribution < -0.4 is 0 Å². The molecule has 0 N–H and O–H groups in total. The zero-order chi connectivity index (χ0) is 16.7. The molecule has 1 rings (SSSR count). The minimum atomic E-state index is -1.23. The van der Waals surface area contributed by atoms with Gasteiger partial charge in [0.2, 0.25) is 0 Å². The maximum Gasteiger partial charge on any atom is 0.0537 e. The Kier molecular flexibility index (Phi) is 8.21. The van der Waals surface area contributed by atoms with Gasteiger partial charge >= 0.3 is 0 Å². The third-order valence-corrected chi connectivity index (χ3v) is 10.1. The maximum absolute atomic E-state index is 5.43. The Labute approximate surface area is 141 Å². The van der Waals surface area contributed by atoms with Gasteiger partial charge in [0.1, 0.15) is 0 Å². The summed E-state index contributed by atoms with van der Waals surface area (Å²) in [4.78, 5) is 0. The predicted molar refractivity (Wildman–Crippen MR) is 105 cm³/mol.